The standard InChI is InChI=1S/C13H18N2O4/c1-13(2,12(19)14-3)7-15-11(18)8-5-4-6-9(16)10(8)17/h4-6,16-17H,7H2,1-3H3,(H,14,19)(H,15,18). The van der Waals surface area contributed by atoms with Gasteiger partial charge in [0.25, 0.3) is 5.91 Å². The Hall–Kier alpha value is -2.24. The molecule has 0 bridgehead atoms. The van der Waals surface area contributed by atoms with Gasteiger partial charge in [0.05, 0.1) is 11.0 Å². The molecule has 6 nitrogen and oxygen atoms in total. The van der Waals surface area contributed by atoms with Crippen LogP contribution in [0.3, 0.4) is 0 Å². The fourth-order valence-electron chi connectivity index (χ4n) is 1.53. The van der Waals surface area contributed by atoms with Crippen molar-refractivity contribution in [3.63, 3.8) is 0 Å². The van der Waals surface area contributed by atoms with Gasteiger partial charge in [0.1, 0.15) is 0 Å². The molecule has 0 spiro atoms. The zero-order valence-corrected chi connectivity index (χ0v) is 11.2. The number of nitrogens with one attached hydrogen (secondary N) is 2. The molecular weight excluding hydrogens is 248 g/mol. The van der Waals surface area contributed by atoms with Gasteiger partial charge in [-0.25, -0.2) is 0 Å². The van der Waals surface area contributed by atoms with Gasteiger partial charge in [-0.15, -0.1) is 0 Å². The highest BCUT2D eigenvalue weighted by atomic mass is 16.3. The van der Waals surface area contributed by atoms with Crippen molar-refractivity contribution in [2.24, 2.45) is 5.41 Å². The zero-order chi connectivity index (χ0) is 14.6. The quantitative estimate of drug-likeness (QED) is 0.600. The van der Waals surface area contributed by atoms with Crippen molar-refractivity contribution in [1.29, 1.82) is 0 Å². The van der Waals surface area contributed by atoms with Crippen LogP contribution in [0, 0.1) is 5.41 Å². The van der Waals surface area contributed by atoms with E-state index in [0.717, 1.165) is 0 Å². The highest BCUT2D eigenvalue weighted by Crippen LogP contribution is 2.28. The van der Waals surface area contributed by atoms with Gasteiger partial charge in [0, 0.05) is 13.6 Å². The molecule has 0 atom stereocenters. The molecule has 1 aromatic carbocycles. The smallest absolute Gasteiger partial charge is 0.255 e. The Labute approximate surface area is 111 Å². The Morgan fingerprint density at radius 2 is 1.89 bits per heavy atom. The summed E-state index contributed by atoms with van der Waals surface area (Å²) in [5, 5.41) is 23.9. The second-order valence-electron chi connectivity index (χ2n) is 4.82. The van der Waals surface area contributed by atoms with Gasteiger partial charge >= 0.3 is 0 Å². The lowest BCUT2D eigenvalue weighted by Gasteiger charge is -2.22. The molecule has 104 valence electrons. The van der Waals surface area contributed by atoms with Crippen LogP contribution in [0.25, 0.3) is 0 Å². The van der Waals surface area contributed by atoms with Crippen molar-refractivity contribution < 1.29 is 19.8 Å². The van der Waals surface area contributed by atoms with E-state index in [2.05, 4.69) is 10.6 Å². The first kappa shape index (κ1) is 14.8. The van der Waals surface area contributed by atoms with Crippen LogP contribution in [-0.4, -0.2) is 35.6 Å². The van der Waals surface area contributed by atoms with Gasteiger partial charge in [0.15, 0.2) is 11.5 Å². The molecule has 0 saturated carbocycles. The third-order valence-electron chi connectivity index (χ3n) is 2.79. The Bertz CT molecular complexity index is 497. The SMILES string of the molecule is CNC(=O)C(C)(C)CNC(=O)c1cccc(O)c1O. The highest BCUT2D eigenvalue weighted by Gasteiger charge is 2.27. The van der Waals surface area contributed by atoms with Crippen LogP contribution in [0.4, 0.5) is 0 Å². The van der Waals surface area contributed by atoms with E-state index in [9.17, 15) is 19.8 Å². The summed E-state index contributed by atoms with van der Waals surface area (Å²) in [5.74, 6) is -1.59. The first-order chi connectivity index (χ1) is 8.79. The van der Waals surface area contributed by atoms with Crippen LogP contribution < -0.4 is 10.6 Å². The van der Waals surface area contributed by atoms with Crippen molar-refractivity contribution in [2.45, 2.75) is 13.8 Å². The summed E-state index contributed by atoms with van der Waals surface area (Å²) in [6.45, 7) is 3.49. The van der Waals surface area contributed by atoms with E-state index in [1.807, 2.05) is 0 Å². The predicted molar refractivity (Wildman–Crippen MR) is 70.0 cm³/mol. The van der Waals surface area contributed by atoms with Gasteiger partial charge in [0.2, 0.25) is 5.91 Å². The normalized spacial score (nSPS) is 10.9. The van der Waals surface area contributed by atoms with E-state index in [-0.39, 0.29) is 23.8 Å². The molecule has 0 fully saturated rings. The average Bonchev–Trinajstić information content (AvgIpc) is 2.38. The van der Waals surface area contributed by atoms with E-state index in [4.69, 9.17) is 0 Å². The lowest BCUT2D eigenvalue weighted by molar-refractivity contribution is -0.128. The molecule has 1 aromatic rings. The second kappa shape index (κ2) is 5.60. The fourth-order valence-corrected chi connectivity index (χ4v) is 1.53. The number of para-hydroxylation sites is 1. The monoisotopic (exact) mass is 266 g/mol. The van der Waals surface area contributed by atoms with E-state index < -0.39 is 17.1 Å². The van der Waals surface area contributed by atoms with E-state index in [0.29, 0.717) is 0 Å². The molecule has 0 radical (unpaired) electrons. The lowest BCUT2D eigenvalue weighted by Crippen LogP contribution is -2.43. The predicted octanol–water partition coefficient (Wildman–Crippen LogP) is 0.600. The zero-order valence-electron chi connectivity index (χ0n) is 11.2. The average molecular weight is 266 g/mol. The third kappa shape index (κ3) is 3.37. The fraction of sp³-hybridized carbons (Fsp3) is 0.385. The maximum Gasteiger partial charge on any atom is 0.255 e. The molecule has 0 aliphatic heterocycles. The van der Waals surface area contributed by atoms with Gasteiger partial charge in [-0.05, 0) is 26.0 Å². The molecular formula is C13H18N2O4. The molecule has 19 heavy (non-hydrogen) atoms. The number of phenolic OH excluding ortho intramolecular Hbond substituents is 2. The largest absolute Gasteiger partial charge is 0.504 e. The Morgan fingerprint density at radius 1 is 1.26 bits per heavy atom. The van der Waals surface area contributed by atoms with Crippen molar-refractivity contribution in [2.75, 3.05) is 13.6 Å². The molecule has 0 aliphatic rings. The first-order valence-electron chi connectivity index (χ1n) is 5.81. The van der Waals surface area contributed by atoms with E-state index >= 15 is 0 Å². The molecule has 2 amide bonds. The van der Waals surface area contributed by atoms with Crippen LogP contribution in [0.2, 0.25) is 0 Å². The molecule has 0 heterocycles. The number of benzene rings is 1. The topological polar surface area (TPSA) is 98.7 Å². The molecule has 0 aromatic heterocycles. The van der Waals surface area contributed by atoms with Crippen molar-refractivity contribution >= 4 is 11.8 Å². The maximum absolute atomic E-state index is 11.9. The summed E-state index contributed by atoms with van der Waals surface area (Å²) in [7, 11) is 1.52. The van der Waals surface area contributed by atoms with Crippen molar-refractivity contribution in [3.05, 3.63) is 23.8 Å². The van der Waals surface area contributed by atoms with Gasteiger partial charge in [-0.3, -0.25) is 9.59 Å². The van der Waals surface area contributed by atoms with Crippen molar-refractivity contribution in [3.8, 4) is 11.5 Å². The number of amides is 2. The van der Waals surface area contributed by atoms with Crippen LogP contribution in [0.15, 0.2) is 18.2 Å². The van der Waals surface area contributed by atoms with Crippen LogP contribution in [0.5, 0.6) is 11.5 Å². The number of aromatic hydroxyl groups is 2. The minimum Gasteiger partial charge on any atom is -0.504 e. The van der Waals surface area contributed by atoms with Gasteiger partial charge in [-0.1, -0.05) is 6.07 Å². The van der Waals surface area contributed by atoms with E-state index in [1.165, 1.54) is 25.2 Å². The highest BCUT2D eigenvalue weighted by molar-refractivity contribution is 5.98. The first-order valence-corrected chi connectivity index (χ1v) is 5.81. The molecule has 0 unspecified atom stereocenters. The molecule has 4 N–H and O–H groups in total. The van der Waals surface area contributed by atoms with Crippen LogP contribution in [0.1, 0.15) is 24.2 Å². The number of carbonyl (C=O) groups is 2. The van der Waals surface area contributed by atoms with Crippen molar-refractivity contribution in [1.82, 2.24) is 10.6 Å². The van der Waals surface area contributed by atoms with E-state index in [1.54, 1.807) is 13.8 Å². The minimum absolute atomic E-state index is 0.0345. The van der Waals surface area contributed by atoms with Crippen LogP contribution >= 0.6 is 0 Å². The summed E-state index contributed by atoms with van der Waals surface area (Å²) in [5.41, 5.74) is -0.802. The number of carbonyl (C=O) groups excluding carboxylic acids is 2. The Morgan fingerprint density at radius 3 is 2.47 bits per heavy atom. The Balaban J connectivity index is 2.76. The molecule has 0 saturated heterocycles. The molecule has 1 rings (SSSR count). The minimum atomic E-state index is -0.767. The number of rotatable bonds is 4. The number of hydrogen-bond acceptors (Lipinski definition) is 4. The maximum atomic E-state index is 11.9. The number of hydrogen-bond donors (Lipinski definition) is 4. The van der Waals surface area contributed by atoms with Gasteiger partial charge < -0.3 is 20.8 Å². The summed E-state index contributed by atoms with van der Waals surface area (Å²) >= 11 is 0. The summed E-state index contributed by atoms with van der Waals surface area (Å²) in [6, 6.07) is 4.12. The third-order valence-corrected chi connectivity index (χ3v) is 2.79. The van der Waals surface area contributed by atoms with Crippen LogP contribution in [-0.2, 0) is 4.79 Å². The van der Waals surface area contributed by atoms with Gasteiger partial charge in [-0.2, -0.15) is 0 Å². The Kier molecular flexibility index (Phi) is 4.37. The molecule has 6 heteroatoms. The number of phenols is 2. The summed E-state index contributed by atoms with van der Waals surface area (Å²) in [4.78, 5) is 23.4. The summed E-state index contributed by atoms with van der Waals surface area (Å²) in [6.07, 6.45) is 0. The molecule has 0 aliphatic carbocycles. The lowest BCUT2D eigenvalue weighted by atomic mass is 9.92. The summed E-state index contributed by atoms with van der Waals surface area (Å²) < 4.78 is 0. The second-order valence-corrected chi connectivity index (χ2v) is 4.82.